The first-order chi connectivity index (χ1) is 17.6. The van der Waals surface area contributed by atoms with Crippen LogP contribution >= 0.6 is 0 Å². The number of hydrogen-bond donors (Lipinski definition) is 0. The largest absolute Gasteiger partial charge is 0.496 e. The number of methoxy groups -OCH3 is 1. The van der Waals surface area contributed by atoms with Crippen molar-refractivity contribution >= 4 is 28.1 Å². The molecule has 0 saturated heterocycles. The van der Waals surface area contributed by atoms with Crippen LogP contribution in [0.4, 0.5) is 0 Å². The molecule has 0 atom stereocenters. The minimum atomic E-state index is -0.285. The molecule has 0 aliphatic carbocycles. The number of benzene rings is 3. The molecule has 0 aliphatic rings. The van der Waals surface area contributed by atoms with E-state index < -0.39 is 0 Å². The summed E-state index contributed by atoms with van der Waals surface area (Å²) in [6.07, 6.45) is 3.62. The predicted molar refractivity (Wildman–Crippen MR) is 141 cm³/mol. The molecule has 0 radical (unpaired) electrons. The van der Waals surface area contributed by atoms with E-state index in [-0.39, 0.29) is 5.56 Å². The molecular weight excluding hydrogens is 452 g/mol. The minimum absolute atomic E-state index is 0.285. The van der Waals surface area contributed by atoms with Crippen LogP contribution in [-0.4, -0.2) is 27.6 Å². The van der Waals surface area contributed by atoms with E-state index in [1.165, 1.54) is 10.2 Å². The van der Waals surface area contributed by atoms with Crippen LogP contribution in [0.5, 0.6) is 5.75 Å². The van der Waals surface area contributed by atoms with Crippen molar-refractivity contribution in [3.05, 3.63) is 113 Å². The normalized spacial score (nSPS) is 11.6. The Morgan fingerprint density at radius 1 is 0.944 bits per heavy atom. The van der Waals surface area contributed by atoms with Gasteiger partial charge in [0.05, 0.1) is 35.3 Å². The van der Waals surface area contributed by atoms with Crippen LogP contribution in [0.25, 0.3) is 39.1 Å². The van der Waals surface area contributed by atoms with Crippen LogP contribution in [0.2, 0.25) is 0 Å². The fourth-order valence-corrected chi connectivity index (χ4v) is 4.27. The molecule has 0 N–H and O–H groups in total. The third kappa shape index (κ3) is 3.67. The highest BCUT2D eigenvalue weighted by atomic mass is 16.5. The van der Waals surface area contributed by atoms with E-state index >= 15 is 0 Å². The lowest BCUT2D eigenvalue weighted by molar-refractivity contribution is 0.419. The van der Waals surface area contributed by atoms with Crippen LogP contribution in [0.15, 0.2) is 105 Å². The van der Waals surface area contributed by atoms with Gasteiger partial charge in [0.2, 0.25) is 5.82 Å². The number of aryl methyl sites for hydroxylation is 1. The van der Waals surface area contributed by atoms with Crippen LogP contribution in [0.1, 0.15) is 11.3 Å². The first-order valence-corrected chi connectivity index (χ1v) is 11.5. The highest BCUT2D eigenvalue weighted by Gasteiger charge is 2.18. The molecule has 0 unspecified atom stereocenters. The maximum absolute atomic E-state index is 13.5. The van der Waals surface area contributed by atoms with Crippen molar-refractivity contribution in [2.75, 3.05) is 7.11 Å². The summed E-state index contributed by atoms with van der Waals surface area (Å²) in [5.41, 5.74) is 3.92. The number of furan rings is 1. The Morgan fingerprint density at radius 2 is 1.78 bits per heavy atom. The minimum Gasteiger partial charge on any atom is -0.496 e. The Morgan fingerprint density at radius 3 is 2.61 bits per heavy atom. The number of fused-ring (bicyclic) bond motifs is 2. The predicted octanol–water partition coefficient (Wildman–Crippen LogP) is 5.80. The molecule has 3 aromatic carbocycles. The summed E-state index contributed by atoms with van der Waals surface area (Å²) in [4.78, 5) is 18.3. The van der Waals surface area contributed by atoms with E-state index in [9.17, 15) is 4.79 Å². The quantitative estimate of drug-likeness (QED) is 0.296. The second-order valence-electron chi connectivity index (χ2n) is 8.44. The van der Waals surface area contributed by atoms with Crippen molar-refractivity contribution < 1.29 is 9.15 Å². The average Bonchev–Trinajstić information content (AvgIpc) is 3.55. The van der Waals surface area contributed by atoms with Gasteiger partial charge in [-0.15, -0.1) is 0 Å². The lowest BCUT2D eigenvalue weighted by Gasteiger charge is -2.09. The van der Waals surface area contributed by atoms with Gasteiger partial charge in [-0.3, -0.25) is 4.79 Å². The summed E-state index contributed by atoms with van der Waals surface area (Å²) in [7, 11) is 1.61. The number of nitrogens with zero attached hydrogens (tertiary/aromatic N) is 4. The Hall–Kier alpha value is -4.91. The molecule has 0 aliphatic heterocycles. The second-order valence-corrected chi connectivity index (χ2v) is 8.44. The summed E-state index contributed by atoms with van der Waals surface area (Å²) in [6.45, 7) is 2.05. The standard InChI is InChI=1S/C29H22N4O3/c1-19-12-14-20(15-13-19)32-16-6-7-21(32)18-30-33-28(31-24-9-4-3-8-22(24)29(33)34)27-17-23-25(35-2)10-5-11-26(23)36-27/h3-18H,1-2H3. The first kappa shape index (κ1) is 21.6. The van der Waals surface area contributed by atoms with Crippen LogP contribution in [0.3, 0.4) is 0 Å². The fourth-order valence-electron chi connectivity index (χ4n) is 4.27. The Bertz CT molecular complexity index is 1810. The summed E-state index contributed by atoms with van der Waals surface area (Å²) in [5, 5.41) is 5.86. The van der Waals surface area contributed by atoms with Gasteiger partial charge in [-0.25, -0.2) is 4.98 Å². The molecule has 0 saturated carbocycles. The van der Waals surface area contributed by atoms with Crippen molar-refractivity contribution in [2.24, 2.45) is 5.10 Å². The molecule has 7 heteroatoms. The number of hydrogen-bond acceptors (Lipinski definition) is 5. The van der Waals surface area contributed by atoms with Gasteiger partial charge in [0.25, 0.3) is 5.56 Å². The molecule has 3 heterocycles. The molecule has 6 aromatic rings. The van der Waals surface area contributed by atoms with Gasteiger partial charge in [0, 0.05) is 11.9 Å². The zero-order valence-electron chi connectivity index (χ0n) is 19.8. The number of aromatic nitrogens is 3. The summed E-state index contributed by atoms with van der Waals surface area (Å²) >= 11 is 0. The maximum atomic E-state index is 13.5. The van der Waals surface area contributed by atoms with Crippen LogP contribution in [-0.2, 0) is 0 Å². The number of para-hydroxylation sites is 1. The second kappa shape index (κ2) is 8.70. The monoisotopic (exact) mass is 474 g/mol. The van der Waals surface area contributed by atoms with E-state index in [0.29, 0.717) is 33.8 Å². The molecule has 7 nitrogen and oxygen atoms in total. The Labute approximate surface area is 206 Å². The zero-order valence-corrected chi connectivity index (χ0v) is 19.8. The maximum Gasteiger partial charge on any atom is 0.282 e. The highest BCUT2D eigenvalue weighted by molar-refractivity contribution is 5.88. The molecule has 0 spiro atoms. The number of ether oxygens (including phenoxy) is 1. The molecule has 6 rings (SSSR count). The third-order valence-electron chi connectivity index (χ3n) is 6.11. The molecule has 0 fully saturated rings. The third-order valence-corrected chi connectivity index (χ3v) is 6.11. The van der Waals surface area contributed by atoms with Crippen molar-refractivity contribution in [1.29, 1.82) is 0 Å². The Kier molecular flexibility index (Phi) is 5.22. The van der Waals surface area contributed by atoms with E-state index in [2.05, 4.69) is 24.2 Å². The molecule has 3 aromatic heterocycles. The van der Waals surface area contributed by atoms with Crippen molar-refractivity contribution in [2.45, 2.75) is 6.92 Å². The van der Waals surface area contributed by atoms with Crippen LogP contribution < -0.4 is 10.3 Å². The van der Waals surface area contributed by atoms with Gasteiger partial charge in [0.1, 0.15) is 11.3 Å². The smallest absolute Gasteiger partial charge is 0.282 e. The highest BCUT2D eigenvalue weighted by Crippen LogP contribution is 2.32. The lowest BCUT2D eigenvalue weighted by atomic mass is 10.2. The zero-order chi connectivity index (χ0) is 24.6. The van der Waals surface area contributed by atoms with Gasteiger partial charge in [-0.1, -0.05) is 35.9 Å². The molecule has 0 amide bonds. The van der Waals surface area contributed by atoms with Gasteiger partial charge in [0.15, 0.2) is 5.76 Å². The number of rotatable bonds is 5. The van der Waals surface area contributed by atoms with Gasteiger partial charge >= 0.3 is 0 Å². The topological polar surface area (TPSA) is 74.6 Å². The van der Waals surface area contributed by atoms with E-state index in [1.807, 2.05) is 71.4 Å². The fraction of sp³-hybridized carbons (Fsp3) is 0.0690. The van der Waals surface area contributed by atoms with Crippen molar-refractivity contribution in [1.82, 2.24) is 14.2 Å². The van der Waals surface area contributed by atoms with E-state index in [0.717, 1.165) is 16.8 Å². The molecule has 176 valence electrons. The first-order valence-electron chi connectivity index (χ1n) is 11.5. The summed E-state index contributed by atoms with van der Waals surface area (Å²) < 4.78 is 14.9. The van der Waals surface area contributed by atoms with Gasteiger partial charge in [-0.05, 0) is 61.5 Å². The summed E-state index contributed by atoms with van der Waals surface area (Å²) in [5.74, 6) is 1.40. The SMILES string of the molecule is COc1cccc2oc(-c3nc4ccccc4c(=O)n3N=Cc3cccn3-c3ccc(C)cc3)cc12. The van der Waals surface area contributed by atoms with Crippen molar-refractivity contribution in [3.63, 3.8) is 0 Å². The van der Waals surface area contributed by atoms with Gasteiger partial charge in [-0.2, -0.15) is 9.78 Å². The molecule has 36 heavy (non-hydrogen) atoms. The molecular formula is C29H22N4O3. The van der Waals surface area contributed by atoms with E-state index in [1.54, 1.807) is 25.5 Å². The summed E-state index contributed by atoms with van der Waals surface area (Å²) in [6, 6.07) is 26.7. The van der Waals surface area contributed by atoms with Crippen molar-refractivity contribution in [3.8, 4) is 23.0 Å². The van der Waals surface area contributed by atoms with Gasteiger partial charge < -0.3 is 13.7 Å². The average molecular weight is 475 g/mol. The van der Waals surface area contributed by atoms with E-state index in [4.69, 9.17) is 14.1 Å². The lowest BCUT2D eigenvalue weighted by Crippen LogP contribution is -2.20. The Balaban J connectivity index is 1.53. The molecule has 0 bridgehead atoms. The van der Waals surface area contributed by atoms with Crippen LogP contribution in [0, 0.1) is 6.92 Å².